The lowest BCUT2D eigenvalue weighted by Gasteiger charge is -2.13. The lowest BCUT2D eigenvalue weighted by molar-refractivity contribution is 0.0949. The van der Waals surface area contributed by atoms with Crippen LogP contribution < -0.4 is 16.0 Å². The molecule has 21 heavy (non-hydrogen) atoms. The molecule has 0 heterocycles. The average Bonchev–Trinajstić information content (AvgIpc) is 2.43. The summed E-state index contributed by atoms with van der Waals surface area (Å²) in [7, 11) is 1.62. The standard InChI is InChI=1S/C15H23N3O3/c1-11(2)17-15(20)18-13-8-5-4-7-12(13)14(19)16-9-6-10-21-3/h4-5,7-8,11H,6,9-10H2,1-3H3,(H,16,19)(H2,17,18,20). The van der Waals surface area contributed by atoms with Gasteiger partial charge in [0.25, 0.3) is 5.91 Å². The van der Waals surface area contributed by atoms with E-state index in [0.29, 0.717) is 24.4 Å². The summed E-state index contributed by atoms with van der Waals surface area (Å²) in [6, 6.07) is 6.60. The molecular weight excluding hydrogens is 270 g/mol. The van der Waals surface area contributed by atoms with Crippen molar-refractivity contribution in [1.82, 2.24) is 10.6 Å². The number of anilines is 1. The smallest absolute Gasteiger partial charge is 0.319 e. The molecular formula is C15H23N3O3. The Morgan fingerprint density at radius 1 is 1.24 bits per heavy atom. The molecule has 0 bridgehead atoms. The number of hydrogen-bond acceptors (Lipinski definition) is 3. The van der Waals surface area contributed by atoms with Gasteiger partial charge in [-0.1, -0.05) is 12.1 Å². The molecule has 0 radical (unpaired) electrons. The van der Waals surface area contributed by atoms with Crippen LogP contribution in [0.4, 0.5) is 10.5 Å². The highest BCUT2D eigenvalue weighted by Crippen LogP contribution is 2.14. The molecule has 1 aromatic rings. The fraction of sp³-hybridized carbons (Fsp3) is 0.467. The first-order chi connectivity index (χ1) is 10.0. The van der Waals surface area contributed by atoms with Crippen LogP contribution in [0.5, 0.6) is 0 Å². The van der Waals surface area contributed by atoms with Gasteiger partial charge < -0.3 is 20.7 Å². The van der Waals surface area contributed by atoms with E-state index in [-0.39, 0.29) is 18.0 Å². The number of carbonyl (C=O) groups excluding carboxylic acids is 2. The Labute approximate surface area is 125 Å². The number of benzene rings is 1. The van der Waals surface area contributed by atoms with Gasteiger partial charge in [0.1, 0.15) is 0 Å². The predicted octanol–water partition coefficient (Wildman–Crippen LogP) is 1.98. The number of hydrogen-bond donors (Lipinski definition) is 3. The quantitative estimate of drug-likeness (QED) is 0.673. The fourth-order valence-corrected chi connectivity index (χ4v) is 1.72. The molecule has 0 saturated heterocycles. The molecule has 1 aromatic carbocycles. The third-order valence-corrected chi connectivity index (χ3v) is 2.65. The van der Waals surface area contributed by atoms with Crippen LogP contribution in [-0.2, 0) is 4.74 Å². The third-order valence-electron chi connectivity index (χ3n) is 2.65. The number of nitrogens with one attached hydrogen (secondary N) is 3. The van der Waals surface area contributed by atoms with Crippen LogP contribution in [0.15, 0.2) is 24.3 Å². The van der Waals surface area contributed by atoms with Crippen LogP contribution in [0.25, 0.3) is 0 Å². The molecule has 6 nitrogen and oxygen atoms in total. The predicted molar refractivity (Wildman–Crippen MR) is 82.6 cm³/mol. The second kappa shape index (κ2) is 8.97. The van der Waals surface area contributed by atoms with Crippen molar-refractivity contribution >= 4 is 17.6 Å². The lowest BCUT2D eigenvalue weighted by atomic mass is 10.1. The molecule has 0 fully saturated rings. The summed E-state index contributed by atoms with van der Waals surface area (Å²) in [5.74, 6) is -0.216. The Morgan fingerprint density at radius 2 is 1.95 bits per heavy atom. The van der Waals surface area contributed by atoms with Crippen LogP contribution >= 0.6 is 0 Å². The Bertz CT molecular complexity index is 475. The Kier molecular flexibility index (Phi) is 7.25. The van der Waals surface area contributed by atoms with E-state index < -0.39 is 0 Å². The highest BCUT2D eigenvalue weighted by atomic mass is 16.5. The molecule has 3 N–H and O–H groups in total. The minimum atomic E-state index is -0.329. The molecule has 0 saturated carbocycles. The Morgan fingerprint density at radius 3 is 2.62 bits per heavy atom. The Hall–Kier alpha value is -2.08. The molecule has 0 aromatic heterocycles. The van der Waals surface area contributed by atoms with Gasteiger partial charge in [-0.15, -0.1) is 0 Å². The highest BCUT2D eigenvalue weighted by Gasteiger charge is 2.12. The number of urea groups is 1. The van der Waals surface area contributed by atoms with E-state index in [4.69, 9.17) is 4.74 Å². The average molecular weight is 293 g/mol. The zero-order chi connectivity index (χ0) is 15.7. The second-order valence-electron chi connectivity index (χ2n) is 4.90. The van der Waals surface area contributed by atoms with Gasteiger partial charge in [0.15, 0.2) is 0 Å². The van der Waals surface area contributed by atoms with Crippen molar-refractivity contribution in [3.05, 3.63) is 29.8 Å². The topological polar surface area (TPSA) is 79.5 Å². The molecule has 0 unspecified atom stereocenters. The second-order valence-corrected chi connectivity index (χ2v) is 4.90. The molecule has 3 amide bonds. The van der Waals surface area contributed by atoms with Crippen molar-refractivity contribution in [2.24, 2.45) is 0 Å². The van der Waals surface area contributed by atoms with Crippen LogP contribution in [0.3, 0.4) is 0 Å². The number of amides is 3. The van der Waals surface area contributed by atoms with Crippen LogP contribution in [-0.4, -0.2) is 38.2 Å². The molecule has 0 spiro atoms. The van der Waals surface area contributed by atoms with E-state index in [2.05, 4.69) is 16.0 Å². The molecule has 0 atom stereocenters. The van der Waals surface area contributed by atoms with E-state index >= 15 is 0 Å². The molecule has 0 aliphatic heterocycles. The van der Waals surface area contributed by atoms with Gasteiger partial charge in [-0.2, -0.15) is 0 Å². The zero-order valence-electron chi connectivity index (χ0n) is 12.7. The largest absolute Gasteiger partial charge is 0.385 e. The maximum atomic E-state index is 12.1. The molecule has 6 heteroatoms. The number of methoxy groups -OCH3 is 1. The summed E-state index contributed by atoms with van der Waals surface area (Å²) in [4.78, 5) is 23.8. The number of carbonyl (C=O) groups is 2. The van der Waals surface area contributed by atoms with Crippen molar-refractivity contribution in [2.75, 3.05) is 25.6 Å². The van der Waals surface area contributed by atoms with Crippen molar-refractivity contribution in [2.45, 2.75) is 26.3 Å². The van der Waals surface area contributed by atoms with Gasteiger partial charge >= 0.3 is 6.03 Å². The van der Waals surface area contributed by atoms with Gasteiger partial charge in [0.05, 0.1) is 11.3 Å². The van der Waals surface area contributed by atoms with Crippen molar-refractivity contribution in [3.63, 3.8) is 0 Å². The molecule has 1 rings (SSSR count). The van der Waals surface area contributed by atoms with Gasteiger partial charge in [-0.3, -0.25) is 4.79 Å². The van der Waals surface area contributed by atoms with Gasteiger partial charge in [-0.05, 0) is 32.4 Å². The Balaban J connectivity index is 2.65. The van der Waals surface area contributed by atoms with Crippen molar-refractivity contribution < 1.29 is 14.3 Å². The SMILES string of the molecule is COCCCNC(=O)c1ccccc1NC(=O)NC(C)C. The summed E-state index contributed by atoms with van der Waals surface area (Å²) >= 11 is 0. The number of para-hydroxylation sites is 1. The maximum Gasteiger partial charge on any atom is 0.319 e. The summed E-state index contributed by atoms with van der Waals surface area (Å²) in [5.41, 5.74) is 0.925. The zero-order valence-corrected chi connectivity index (χ0v) is 12.7. The van der Waals surface area contributed by atoms with Crippen molar-refractivity contribution in [3.8, 4) is 0 Å². The highest BCUT2D eigenvalue weighted by molar-refractivity contribution is 6.03. The minimum absolute atomic E-state index is 0.0278. The third kappa shape index (κ3) is 6.27. The van der Waals surface area contributed by atoms with E-state index in [9.17, 15) is 9.59 Å². The van der Waals surface area contributed by atoms with E-state index in [1.54, 1.807) is 31.4 Å². The minimum Gasteiger partial charge on any atom is -0.385 e. The van der Waals surface area contributed by atoms with Gasteiger partial charge in [-0.25, -0.2) is 4.79 Å². The van der Waals surface area contributed by atoms with Crippen LogP contribution in [0.2, 0.25) is 0 Å². The van der Waals surface area contributed by atoms with E-state index in [0.717, 1.165) is 6.42 Å². The summed E-state index contributed by atoms with van der Waals surface area (Å²) in [6.45, 7) is 4.86. The van der Waals surface area contributed by atoms with E-state index in [1.807, 2.05) is 13.8 Å². The van der Waals surface area contributed by atoms with E-state index in [1.165, 1.54) is 0 Å². The van der Waals surface area contributed by atoms with Crippen molar-refractivity contribution in [1.29, 1.82) is 0 Å². The first kappa shape index (κ1) is 17.0. The first-order valence-corrected chi connectivity index (χ1v) is 6.98. The molecule has 0 aliphatic rings. The summed E-state index contributed by atoms with van der Waals surface area (Å²) in [5, 5.41) is 8.21. The fourth-order valence-electron chi connectivity index (χ4n) is 1.72. The van der Waals surface area contributed by atoms with Gasteiger partial charge in [0.2, 0.25) is 0 Å². The summed E-state index contributed by atoms with van der Waals surface area (Å²) in [6.07, 6.45) is 0.742. The molecule has 116 valence electrons. The van der Waals surface area contributed by atoms with Crippen LogP contribution in [0.1, 0.15) is 30.6 Å². The summed E-state index contributed by atoms with van der Waals surface area (Å²) < 4.78 is 4.93. The normalized spacial score (nSPS) is 10.3. The lowest BCUT2D eigenvalue weighted by Crippen LogP contribution is -2.35. The number of ether oxygens (including phenoxy) is 1. The van der Waals surface area contributed by atoms with Crippen LogP contribution in [0, 0.1) is 0 Å². The first-order valence-electron chi connectivity index (χ1n) is 6.98. The molecule has 0 aliphatic carbocycles. The maximum absolute atomic E-state index is 12.1. The number of rotatable bonds is 7. The van der Waals surface area contributed by atoms with Gasteiger partial charge in [0, 0.05) is 26.3 Å². The monoisotopic (exact) mass is 293 g/mol.